The summed E-state index contributed by atoms with van der Waals surface area (Å²) in [6, 6.07) is 20.7. The van der Waals surface area contributed by atoms with Crippen LogP contribution in [0.15, 0.2) is 71.8 Å². The summed E-state index contributed by atoms with van der Waals surface area (Å²) in [4.78, 5) is 0. The Hall–Kier alpha value is -2.20. The second kappa shape index (κ2) is 9.65. The van der Waals surface area contributed by atoms with E-state index in [9.17, 15) is 0 Å². The summed E-state index contributed by atoms with van der Waals surface area (Å²) in [5, 5.41) is 6.15. The van der Waals surface area contributed by atoms with Crippen LogP contribution in [0, 0.1) is 0 Å². The van der Waals surface area contributed by atoms with Gasteiger partial charge in [-0.25, -0.2) is 0 Å². The van der Waals surface area contributed by atoms with E-state index in [1.54, 1.807) is 18.3 Å². The maximum absolute atomic E-state index is 6.18. The van der Waals surface area contributed by atoms with Crippen LogP contribution in [0.3, 0.4) is 0 Å². The lowest BCUT2D eigenvalue weighted by Gasteiger charge is -2.10. The molecule has 0 fully saturated rings. The van der Waals surface area contributed by atoms with Gasteiger partial charge in [0.05, 0.1) is 12.8 Å². The van der Waals surface area contributed by atoms with E-state index in [2.05, 4.69) is 10.5 Å². The van der Waals surface area contributed by atoms with Crippen LogP contribution in [-0.4, -0.2) is 6.21 Å². The zero-order valence-corrected chi connectivity index (χ0v) is 16.6. The van der Waals surface area contributed by atoms with E-state index in [1.807, 2.05) is 54.6 Å². The highest BCUT2D eigenvalue weighted by Gasteiger charge is 2.05. The minimum Gasteiger partial charge on any atom is -0.488 e. The molecule has 0 saturated carbocycles. The van der Waals surface area contributed by atoms with Crippen molar-refractivity contribution in [2.75, 3.05) is 0 Å². The van der Waals surface area contributed by atoms with Gasteiger partial charge in [-0.05, 0) is 30.3 Å². The number of nitrogens with one attached hydrogen (secondary N) is 1. The third-order valence-corrected chi connectivity index (χ3v) is 4.95. The zero-order chi connectivity index (χ0) is 19.1. The molecule has 138 valence electrons. The Kier molecular flexibility index (Phi) is 6.99. The van der Waals surface area contributed by atoms with Gasteiger partial charge >= 0.3 is 0 Å². The van der Waals surface area contributed by atoms with Crippen LogP contribution < -0.4 is 10.2 Å². The fourth-order valence-corrected chi connectivity index (χ4v) is 3.15. The number of halogens is 3. The SMILES string of the molecule is Clc1ccccc1COc1ccccc1/C=N\NCc1c(Cl)cccc1Cl. The molecule has 0 radical (unpaired) electrons. The van der Waals surface area contributed by atoms with Crippen molar-refractivity contribution >= 4 is 41.0 Å². The maximum Gasteiger partial charge on any atom is 0.128 e. The number of ether oxygens (including phenoxy) is 1. The molecule has 0 spiro atoms. The monoisotopic (exact) mass is 418 g/mol. The van der Waals surface area contributed by atoms with E-state index < -0.39 is 0 Å². The van der Waals surface area contributed by atoms with Crippen molar-refractivity contribution in [3.63, 3.8) is 0 Å². The van der Waals surface area contributed by atoms with Crippen molar-refractivity contribution in [3.05, 3.63) is 98.5 Å². The molecule has 0 atom stereocenters. The molecule has 0 aliphatic heterocycles. The minimum atomic E-state index is 0.382. The second-order valence-corrected chi connectivity index (χ2v) is 6.93. The molecule has 0 aromatic heterocycles. The van der Waals surface area contributed by atoms with Gasteiger partial charge in [0.15, 0.2) is 0 Å². The van der Waals surface area contributed by atoms with Crippen LogP contribution in [0.1, 0.15) is 16.7 Å². The van der Waals surface area contributed by atoms with Crippen molar-refractivity contribution in [2.24, 2.45) is 5.10 Å². The summed E-state index contributed by atoms with van der Waals surface area (Å²) in [5.74, 6) is 0.721. The minimum absolute atomic E-state index is 0.382. The molecule has 27 heavy (non-hydrogen) atoms. The van der Waals surface area contributed by atoms with Crippen LogP contribution in [-0.2, 0) is 13.2 Å². The highest BCUT2D eigenvalue weighted by atomic mass is 35.5. The van der Waals surface area contributed by atoms with Gasteiger partial charge in [-0.2, -0.15) is 5.10 Å². The Bertz CT molecular complexity index is 924. The Balaban J connectivity index is 1.63. The summed E-state index contributed by atoms with van der Waals surface area (Å²) in [5.41, 5.74) is 5.55. The van der Waals surface area contributed by atoms with Gasteiger partial charge in [-0.3, -0.25) is 0 Å². The number of hydrazone groups is 1. The fourth-order valence-electron chi connectivity index (χ4n) is 2.43. The summed E-state index contributed by atoms with van der Waals surface area (Å²) in [7, 11) is 0. The van der Waals surface area contributed by atoms with E-state index in [0.717, 1.165) is 22.4 Å². The Morgan fingerprint density at radius 2 is 1.48 bits per heavy atom. The first-order valence-corrected chi connectivity index (χ1v) is 9.42. The standard InChI is InChI=1S/C21H17Cl3N2O/c22-18-8-3-1-7-16(18)14-27-21-11-4-2-6-15(21)12-25-26-13-17-19(23)9-5-10-20(17)24/h1-12,26H,13-14H2/b25-12-. The molecule has 3 aromatic rings. The highest BCUT2D eigenvalue weighted by Crippen LogP contribution is 2.24. The lowest BCUT2D eigenvalue weighted by Crippen LogP contribution is -2.07. The molecular formula is C21H17Cl3N2O. The summed E-state index contributed by atoms with van der Waals surface area (Å²) in [6.45, 7) is 0.810. The van der Waals surface area contributed by atoms with Crippen molar-refractivity contribution in [1.29, 1.82) is 0 Å². The van der Waals surface area contributed by atoms with E-state index in [4.69, 9.17) is 39.5 Å². The Labute approximate surface area is 173 Å². The Morgan fingerprint density at radius 3 is 2.26 bits per heavy atom. The van der Waals surface area contributed by atoms with Gasteiger partial charge in [0, 0.05) is 31.8 Å². The largest absolute Gasteiger partial charge is 0.488 e. The predicted molar refractivity (Wildman–Crippen MR) is 113 cm³/mol. The van der Waals surface area contributed by atoms with Crippen LogP contribution >= 0.6 is 34.8 Å². The number of nitrogens with zero attached hydrogens (tertiary/aromatic N) is 1. The molecule has 3 nitrogen and oxygen atoms in total. The van der Waals surface area contributed by atoms with Crippen molar-refractivity contribution < 1.29 is 4.74 Å². The predicted octanol–water partition coefficient (Wildman–Crippen LogP) is 6.35. The lowest BCUT2D eigenvalue weighted by atomic mass is 10.2. The van der Waals surface area contributed by atoms with Gasteiger partial charge in [-0.15, -0.1) is 0 Å². The van der Waals surface area contributed by atoms with Crippen LogP contribution in [0.2, 0.25) is 15.1 Å². The summed E-state index contributed by atoms with van der Waals surface area (Å²) in [6.07, 6.45) is 1.70. The lowest BCUT2D eigenvalue weighted by molar-refractivity contribution is 0.306. The molecule has 0 heterocycles. The number of rotatable bonds is 7. The molecule has 0 saturated heterocycles. The number of hydrogen-bond donors (Lipinski definition) is 1. The van der Waals surface area contributed by atoms with Crippen LogP contribution in [0.5, 0.6) is 5.75 Å². The highest BCUT2D eigenvalue weighted by molar-refractivity contribution is 6.36. The molecule has 0 bridgehead atoms. The first-order chi connectivity index (χ1) is 13.1. The van der Waals surface area contributed by atoms with Gasteiger partial charge in [0.1, 0.15) is 12.4 Å². The van der Waals surface area contributed by atoms with Crippen LogP contribution in [0.4, 0.5) is 0 Å². The average Bonchev–Trinajstić information content (AvgIpc) is 2.67. The third kappa shape index (κ3) is 5.39. The first-order valence-electron chi connectivity index (χ1n) is 8.29. The normalized spacial score (nSPS) is 10.9. The average molecular weight is 420 g/mol. The van der Waals surface area contributed by atoms with E-state index in [1.165, 1.54) is 0 Å². The molecule has 0 aliphatic carbocycles. The van der Waals surface area contributed by atoms with Gasteiger partial charge < -0.3 is 10.2 Å². The first kappa shape index (κ1) is 19.6. The van der Waals surface area contributed by atoms with Gasteiger partial charge in [0.2, 0.25) is 0 Å². The van der Waals surface area contributed by atoms with Gasteiger partial charge in [-0.1, -0.05) is 71.2 Å². The molecule has 1 N–H and O–H groups in total. The third-order valence-electron chi connectivity index (χ3n) is 3.87. The quantitative estimate of drug-likeness (QED) is 0.357. The summed E-state index contributed by atoms with van der Waals surface area (Å²) >= 11 is 18.5. The van der Waals surface area contributed by atoms with Crippen molar-refractivity contribution in [2.45, 2.75) is 13.2 Å². The van der Waals surface area contributed by atoms with Gasteiger partial charge in [0.25, 0.3) is 0 Å². The molecule has 3 aromatic carbocycles. The number of hydrogen-bond acceptors (Lipinski definition) is 3. The summed E-state index contributed by atoms with van der Waals surface area (Å²) < 4.78 is 5.91. The molecule has 0 aliphatic rings. The topological polar surface area (TPSA) is 33.6 Å². The smallest absolute Gasteiger partial charge is 0.128 e. The van der Waals surface area contributed by atoms with E-state index >= 15 is 0 Å². The fraction of sp³-hybridized carbons (Fsp3) is 0.0952. The zero-order valence-electron chi connectivity index (χ0n) is 14.3. The van der Waals surface area contributed by atoms with E-state index in [0.29, 0.717) is 28.2 Å². The molecule has 6 heteroatoms. The van der Waals surface area contributed by atoms with Crippen molar-refractivity contribution in [3.8, 4) is 5.75 Å². The molecule has 3 rings (SSSR count). The van der Waals surface area contributed by atoms with Crippen molar-refractivity contribution in [1.82, 2.24) is 5.43 Å². The van der Waals surface area contributed by atoms with E-state index in [-0.39, 0.29) is 0 Å². The molecular weight excluding hydrogens is 403 g/mol. The molecule has 0 amide bonds. The second-order valence-electron chi connectivity index (χ2n) is 5.71. The maximum atomic E-state index is 6.18. The van der Waals surface area contributed by atoms with Crippen LogP contribution in [0.25, 0.3) is 0 Å². The Morgan fingerprint density at radius 1 is 0.815 bits per heavy atom. The number of benzene rings is 3. The number of para-hydroxylation sites is 1. The molecule has 0 unspecified atom stereocenters.